The molecular formula is C17H18N2O. The van der Waals surface area contributed by atoms with E-state index in [1.807, 2.05) is 36.4 Å². The van der Waals surface area contributed by atoms with Crippen LogP contribution in [0.4, 0.5) is 0 Å². The summed E-state index contributed by atoms with van der Waals surface area (Å²) in [4.78, 5) is 0. The van der Waals surface area contributed by atoms with Gasteiger partial charge in [0.25, 0.3) is 0 Å². The Morgan fingerprint density at radius 2 is 1.85 bits per heavy atom. The molecule has 0 saturated carbocycles. The normalized spacial score (nSPS) is 10.9. The largest absolute Gasteiger partial charge is 0.457 e. The molecule has 0 fully saturated rings. The predicted octanol–water partition coefficient (Wildman–Crippen LogP) is 3.47. The lowest BCUT2D eigenvalue weighted by molar-refractivity contribution is 0.483. The molecule has 3 nitrogen and oxygen atoms in total. The second-order valence-corrected chi connectivity index (χ2v) is 4.90. The highest BCUT2D eigenvalue weighted by Gasteiger charge is 2.07. The van der Waals surface area contributed by atoms with Crippen LogP contribution in [0.2, 0.25) is 0 Å². The fourth-order valence-electron chi connectivity index (χ4n) is 2.50. The van der Waals surface area contributed by atoms with Gasteiger partial charge in [0, 0.05) is 24.1 Å². The van der Waals surface area contributed by atoms with E-state index in [4.69, 9.17) is 10.5 Å². The molecule has 2 aromatic carbocycles. The predicted molar refractivity (Wildman–Crippen MR) is 82.2 cm³/mol. The molecule has 0 atom stereocenters. The number of aromatic nitrogens is 1. The van der Waals surface area contributed by atoms with E-state index in [2.05, 4.69) is 29.9 Å². The highest BCUT2D eigenvalue weighted by atomic mass is 16.5. The van der Waals surface area contributed by atoms with Gasteiger partial charge in [-0.1, -0.05) is 18.2 Å². The summed E-state index contributed by atoms with van der Waals surface area (Å²) < 4.78 is 8.02. The number of hydrogen-bond acceptors (Lipinski definition) is 2. The van der Waals surface area contributed by atoms with Crippen molar-refractivity contribution >= 4 is 10.9 Å². The highest BCUT2D eigenvalue weighted by molar-refractivity contribution is 5.85. The Labute approximate surface area is 118 Å². The molecule has 3 rings (SSSR count). The summed E-state index contributed by atoms with van der Waals surface area (Å²) in [6.07, 6.45) is 3.02. The molecule has 20 heavy (non-hydrogen) atoms. The molecule has 0 aliphatic carbocycles. The Balaban J connectivity index is 1.99. The van der Waals surface area contributed by atoms with Gasteiger partial charge in [-0.05, 0) is 48.9 Å². The maximum absolute atomic E-state index is 5.89. The van der Waals surface area contributed by atoms with E-state index in [-0.39, 0.29) is 0 Å². The summed E-state index contributed by atoms with van der Waals surface area (Å²) in [5, 5.41) is 1.21. The maximum Gasteiger partial charge on any atom is 0.128 e. The first kappa shape index (κ1) is 12.8. The minimum absolute atomic E-state index is 0.656. The van der Waals surface area contributed by atoms with E-state index in [9.17, 15) is 0 Å². The number of hydrogen-bond donors (Lipinski definition) is 1. The van der Waals surface area contributed by atoms with Gasteiger partial charge in [0.05, 0.1) is 0 Å². The number of nitrogens with two attached hydrogens (primary N) is 1. The number of fused-ring (bicyclic) bond motifs is 1. The zero-order valence-electron chi connectivity index (χ0n) is 11.5. The third kappa shape index (κ3) is 2.40. The van der Waals surface area contributed by atoms with Gasteiger partial charge in [0.15, 0.2) is 0 Å². The molecule has 0 aliphatic heterocycles. The summed E-state index contributed by atoms with van der Waals surface area (Å²) in [5.41, 5.74) is 8.15. The second-order valence-electron chi connectivity index (χ2n) is 4.90. The van der Waals surface area contributed by atoms with Crippen molar-refractivity contribution in [2.75, 3.05) is 6.54 Å². The monoisotopic (exact) mass is 266 g/mol. The molecule has 3 heteroatoms. The maximum atomic E-state index is 5.89. The number of benzene rings is 2. The summed E-state index contributed by atoms with van der Waals surface area (Å²) in [6.45, 7) is 0.656. The van der Waals surface area contributed by atoms with E-state index < -0.39 is 0 Å². The van der Waals surface area contributed by atoms with Crippen LogP contribution in [0, 0.1) is 0 Å². The van der Waals surface area contributed by atoms with Crippen molar-refractivity contribution < 1.29 is 4.74 Å². The molecule has 0 amide bonds. The highest BCUT2D eigenvalue weighted by Crippen LogP contribution is 2.28. The van der Waals surface area contributed by atoms with Crippen molar-refractivity contribution in [1.29, 1.82) is 0 Å². The van der Waals surface area contributed by atoms with Gasteiger partial charge >= 0.3 is 0 Å². The Hall–Kier alpha value is -2.26. The SMILES string of the molecule is Cn1cc(CCN)c2cc(Oc3ccccc3)ccc21. The number of rotatable bonds is 4. The van der Waals surface area contributed by atoms with Gasteiger partial charge in [-0.3, -0.25) is 0 Å². The first-order chi connectivity index (χ1) is 9.78. The molecule has 1 heterocycles. The van der Waals surface area contributed by atoms with Crippen LogP contribution in [-0.4, -0.2) is 11.1 Å². The van der Waals surface area contributed by atoms with Crippen molar-refractivity contribution in [1.82, 2.24) is 4.57 Å². The van der Waals surface area contributed by atoms with Crippen LogP contribution in [0.1, 0.15) is 5.56 Å². The molecule has 0 unspecified atom stereocenters. The lowest BCUT2D eigenvalue weighted by atomic mass is 10.1. The quantitative estimate of drug-likeness (QED) is 0.785. The molecule has 0 saturated heterocycles. The third-order valence-electron chi connectivity index (χ3n) is 3.44. The minimum Gasteiger partial charge on any atom is -0.457 e. The fourth-order valence-corrected chi connectivity index (χ4v) is 2.50. The Morgan fingerprint density at radius 3 is 2.60 bits per heavy atom. The molecule has 1 aromatic heterocycles. The van der Waals surface area contributed by atoms with Crippen LogP contribution in [0.15, 0.2) is 54.7 Å². The number of nitrogens with zero attached hydrogens (tertiary/aromatic N) is 1. The van der Waals surface area contributed by atoms with Crippen molar-refractivity contribution in [2.24, 2.45) is 12.8 Å². The number of aryl methyl sites for hydroxylation is 1. The first-order valence-corrected chi connectivity index (χ1v) is 6.79. The minimum atomic E-state index is 0.656. The number of para-hydroxylation sites is 1. The number of ether oxygens (including phenoxy) is 1. The van der Waals surface area contributed by atoms with Crippen molar-refractivity contribution in [3.05, 3.63) is 60.3 Å². The topological polar surface area (TPSA) is 40.2 Å². The molecule has 0 bridgehead atoms. The lowest BCUT2D eigenvalue weighted by Gasteiger charge is -2.06. The van der Waals surface area contributed by atoms with E-state index in [1.165, 1.54) is 16.5 Å². The standard InChI is InChI=1S/C17H18N2O/c1-19-12-13(9-10-18)16-11-15(7-8-17(16)19)20-14-5-3-2-4-6-14/h2-8,11-12H,9-10,18H2,1H3. The van der Waals surface area contributed by atoms with Crippen LogP contribution in [0.25, 0.3) is 10.9 Å². The van der Waals surface area contributed by atoms with Crippen molar-refractivity contribution in [2.45, 2.75) is 6.42 Å². The van der Waals surface area contributed by atoms with Gasteiger partial charge in [-0.2, -0.15) is 0 Å². The Bertz CT molecular complexity index is 716. The third-order valence-corrected chi connectivity index (χ3v) is 3.44. The summed E-state index contributed by atoms with van der Waals surface area (Å²) in [6, 6.07) is 16.0. The molecule has 0 radical (unpaired) electrons. The lowest BCUT2D eigenvalue weighted by Crippen LogP contribution is -2.01. The first-order valence-electron chi connectivity index (χ1n) is 6.79. The van der Waals surface area contributed by atoms with Crippen LogP contribution in [0.3, 0.4) is 0 Å². The molecule has 0 spiro atoms. The van der Waals surface area contributed by atoms with Crippen LogP contribution in [0.5, 0.6) is 11.5 Å². The van der Waals surface area contributed by atoms with Crippen LogP contribution >= 0.6 is 0 Å². The van der Waals surface area contributed by atoms with Crippen molar-refractivity contribution in [3.8, 4) is 11.5 Å². The zero-order valence-corrected chi connectivity index (χ0v) is 11.5. The van der Waals surface area contributed by atoms with Crippen LogP contribution < -0.4 is 10.5 Å². The zero-order chi connectivity index (χ0) is 13.9. The van der Waals surface area contributed by atoms with E-state index >= 15 is 0 Å². The van der Waals surface area contributed by atoms with Crippen LogP contribution in [-0.2, 0) is 13.5 Å². The van der Waals surface area contributed by atoms with Gasteiger partial charge in [0.1, 0.15) is 11.5 Å². The van der Waals surface area contributed by atoms with Gasteiger partial charge in [0.2, 0.25) is 0 Å². The Morgan fingerprint density at radius 1 is 1.05 bits per heavy atom. The second kappa shape index (κ2) is 5.39. The fraction of sp³-hybridized carbons (Fsp3) is 0.176. The van der Waals surface area contributed by atoms with E-state index in [0.717, 1.165) is 17.9 Å². The van der Waals surface area contributed by atoms with E-state index in [1.54, 1.807) is 0 Å². The Kier molecular flexibility index (Phi) is 3.44. The summed E-state index contributed by atoms with van der Waals surface area (Å²) in [5.74, 6) is 1.70. The van der Waals surface area contributed by atoms with Gasteiger partial charge < -0.3 is 15.0 Å². The smallest absolute Gasteiger partial charge is 0.128 e. The summed E-state index contributed by atoms with van der Waals surface area (Å²) >= 11 is 0. The average molecular weight is 266 g/mol. The molecular weight excluding hydrogens is 248 g/mol. The molecule has 102 valence electrons. The molecule has 3 aromatic rings. The van der Waals surface area contributed by atoms with Gasteiger partial charge in [-0.25, -0.2) is 0 Å². The molecule has 0 aliphatic rings. The molecule has 2 N–H and O–H groups in total. The van der Waals surface area contributed by atoms with Crippen molar-refractivity contribution in [3.63, 3.8) is 0 Å². The van der Waals surface area contributed by atoms with E-state index in [0.29, 0.717) is 6.54 Å². The summed E-state index contributed by atoms with van der Waals surface area (Å²) in [7, 11) is 2.06. The van der Waals surface area contributed by atoms with Gasteiger partial charge in [-0.15, -0.1) is 0 Å². The average Bonchev–Trinajstić information content (AvgIpc) is 2.77.